The number of hydrogen-bond acceptors (Lipinski definition) is 5. The Morgan fingerprint density at radius 1 is 1.11 bits per heavy atom. The van der Waals surface area contributed by atoms with Gasteiger partial charge in [-0.25, -0.2) is 4.79 Å². The van der Waals surface area contributed by atoms with Crippen molar-refractivity contribution in [1.82, 2.24) is 15.3 Å². The van der Waals surface area contributed by atoms with Crippen LogP contribution in [0.15, 0.2) is 42.5 Å². The van der Waals surface area contributed by atoms with Crippen LogP contribution in [0.1, 0.15) is 66.9 Å². The number of carbonyl (C=O) groups excluding carboxylic acids is 2. The first-order valence-corrected chi connectivity index (χ1v) is 13.0. The molecule has 0 aliphatic carbocycles. The third-order valence-electron chi connectivity index (χ3n) is 5.56. The number of carboxylic acids is 1. The average molecular weight is 537 g/mol. The number of allylic oxidation sites excluding steroid dienone is 1. The monoisotopic (exact) mass is 536 g/mol. The highest BCUT2D eigenvalue weighted by Crippen LogP contribution is 2.27. The topological polar surface area (TPSA) is 102 Å². The Bertz CT molecular complexity index is 916. The number of likely N-dealkylation sites (N-methyl/N-ethyl adjacent to an activating group) is 2. The van der Waals surface area contributed by atoms with E-state index in [1.54, 1.807) is 6.92 Å². The summed E-state index contributed by atoms with van der Waals surface area (Å²) in [6, 6.07) is 6.48. The quantitative estimate of drug-likeness (QED) is 0.259. The first kappa shape index (κ1) is 37.0. The molecule has 0 aliphatic rings. The highest BCUT2D eigenvalue weighted by atomic mass is 19.2. The summed E-state index contributed by atoms with van der Waals surface area (Å²) in [7, 11) is 4.57. The average Bonchev–Trinajstić information content (AvgIpc) is 2.89. The van der Waals surface area contributed by atoms with Gasteiger partial charge in [-0.15, -0.1) is 9.60 Å². The molecule has 38 heavy (non-hydrogen) atoms. The van der Waals surface area contributed by atoms with E-state index in [0.717, 1.165) is 12.7 Å². The molecule has 0 aromatic heterocycles. The summed E-state index contributed by atoms with van der Waals surface area (Å²) in [6.07, 6.45) is 3.01. The minimum absolute atomic E-state index is 0.113. The number of aliphatic carboxylic acids is 1. The van der Waals surface area contributed by atoms with E-state index in [1.165, 1.54) is 49.4 Å². The Labute approximate surface area is 228 Å². The molecule has 0 aliphatic heterocycles. The summed E-state index contributed by atoms with van der Waals surface area (Å²) in [5, 5.41) is 14.7. The van der Waals surface area contributed by atoms with E-state index in [2.05, 4.69) is 57.0 Å². The van der Waals surface area contributed by atoms with Gasteiger partial charge in [-0.1, -0.05) is 71.9 Å². The van der Waals surface area contributed by atoms with Crippen LogP contribution in [0.2, 0.25) is 0 Å². The fourth-order valence-electron chi connectivity index (χ4n) is 2.80. The van der Waals surface area contributed by atoms with Gasteiger partial charge in [-0.05, 0) is 37.8 Å². The van der Waals surface area contributed by atoms with Crippen molar-refractivity contribution in [2.75, 3.05) is 33.0 Å². The van der Waals surface area contributed by atoms with Crippen molar-refractivity contribution in [3.05, 3.63) is 48.1 Å². The zero-order valence-corrected chi connectivity index (χ0v) is 24.9. The highest BCUT2D eigenvalue weighted by molar-refractivity contribution is 5.90. The number of carbonyl (C=O) groups is 3. The van der Waals surface area contributed by atoms with Crippen LogP contribution in [0.3, 0.4) is 0 Å². The Hall–Kier alpha value is -3.20. The number of amides is 2. The molecule has 9 heteroatoms. The Morgan fingerprint density at radius 2 is 1.63 bits per heavy atom. The SMILES string of the molecule is C=C(c1ccccc1NC)C(C)C.CCC.CCC(NC(=O)C(C)N(C)F)C(=O)N(C)C/C=C(\C)C(=O)O. The van der Waals surface area contributed by atoms with Gasteiger partial charge in [-0.3, -0.25) is 9.59 Å². The number of rotatable bonds is 11. The summed E-state index contributed by atoms with van der Waals surface area (Å²) in [4.78, 5) is 36.0. The van der Waals surface area contributed by atoms with Crippen LogP contribution >= 0.6 is 0 Å². The van der Waals surface area contributed by atoms with Gasteiger partial charge in [0.15, 0.2) is 0 Å². The molecule has 1 aromatic carbocycles. The highest BCUT2D eigenvalue weighted by Gasteiger charge is 2.26. The van der Waals surface area contributed by atoms with Crippen LogP contribution in [0.4, 0.5) is 10.2 Å². The van der Waals surface area contributed by atoms with Gasteiger partial charge in [0.05, 0.1) is 0 Å². The molecule has 0 radical (unpaired) electrons. The second kappa shape index (κ2) is 19.9. The number of carboxylic acid groups (broad SMARTS) is 1. The molecule has 1 rings (SSSR count). The molecule has 2 unspecified atom stereocenters. The van der Waals surface area contributed by atoms with Gasteiger partial charge >= 0.3 is 5.97 Å². The molecular formula is C29H49FN4O4. The Kier molecular flexibility index (Phi) is 19.3. The molecule has 2 amide bonds. The standard InChI is InChI=1S/C14H24FN3O4.C12H17N.C3H8/c1-6-11(16-12(19)10(3)18(5)15)13(20)17(4)8-7-9(2)14(21)22;1-9(2)10(3)11-7-5-6-8-12(11)13-4;1-3-2/h7,10-11H,6,8H2,1-5H3,(H,16,19)(H,21,22);5-9,13H,3H2,1-2,4H3;3H2,1-2H3/b9-7+;;. The Balaban J connectivity index is 0. The molecular weight excluding hydrogens is 487 g/mol. The van der Waals surface area contributed by atoms with E-state index >= 15 is 0 Å². The minimum atomic E-state index is -1.05. The third-order valence-corrected chi connectivity index (χ3v) is 5.56. The van der Waals surface area contributed by atoms with Crippen molar-refractivity contribution < 1.29 is 24.0 Å². The fraction of sp³-hybridized carbons (Fsp3) is 0.552. The lowest BCUT2D eigenvalue weighted by Gasteiger charge is -2.24. The Morgan fingerprint density at radius 3 is 2.05 bits per heavy atom. The van der Waals surface area contributed by atoms with Crippen molar-refractivity contribution in [3.8, 4) is 0 Å². The van der Waals surface area contributed by atoms with Crippen molar-refractivity contribution in [1.29, 1.82) is 0 Å². The van der Waals surface area contributed by atoms with Crippen molar-refractivity contribution in [3.63, 3.8) is 0 Å². The smallest absolute Gasteiger partial charge is 0.331 e. The molecule has 0 saturated carbocycles. The molecule has 0 bridgehead atoms. The lowest BCUT2D eigenvalue weighted by atomic mass is 9.96. The molecule has 1 aromatic rings. The van der Waals surface area contributed by atoms with E-state index in [4.69, 9.17) is 5.11 Å². The number of hydrogen-bond donors (Lipinski definition) is 3. The number of nitrogens with zero attached hydrogens (tertiary/aromatic N) is 2. The molecule has 216 valence electrons. The van der Waals surface area contributed by atoms with Crippen molar-refractivity contribution >= 4 is 29.0 Å². The lowest BCUT2D eigenvalue weighted by Crippen LogP contribution is -2.51. The van der Waals surface area contributed by atoms with Crippen LogP contribution < -0.4 is 10.6 Å². The normalized spacial score (nSPS) is 12.3. The second-order valence-electron chi connectivity index (χ2n) is 9.26. The number of benzene rings is 1. The van der Waals surface area contributed by atoms with Crippen molar-refractivity contribution in [2.24, 2.45) is 5.92 Å². The van der Waals surface area contributed by atoms with Gasteiger partial charge in [0.2, 0.25) is 11.8 Å². The predicted molar refractivity (Wildman–Crippen MR) is 155 cm³/mol. The minimum Gasteiger partial charge on any atom is -0.478 e. The predicted octanol–water partition coefficient (Wildman–Crippen LogP) is 5.39. The lowest BCUT2D eigenvalue weighted by molar-refractivity contribution is -0.138. The third kappa shape index (κ3) is 13.9. The van der Waals surface area contributed by atoms with Crippen LogP contribution in [-0.4, -0.2) is 72.7 Å². The summed E-state index contributed by atoms with van der Waals surface area (Å²) in [5.74, 6) is -1.51. The molecule has 0 saturated heterocycles. The molecule has 0 spiro atoms. The van der Waals surface area contributed by atoms with Crippen molar-refractivity contribution in [2.45, 2.75) is 73.4 Å². The van der Waals surface area contributed by atoms with Gasteiger partial charge < -0.3 is 20.6 Å². The first-order valence-electron chi connectivity index (χ1n) is 13.0. The van der Waals surface area contributed by atoms with Crippen LogP contribution in [0.5, 0.6) is 0 Å². The maximum Gasteiger partial charge on any atom is 0.331 e. The largest absolute Gasteiger partial charge is 0.478 e. The van der Waals surface area contributed by atoms with Gasteiger partial charge in [0.25, 0.3) is 0 Å². The van der Waals surface area contributed by atoms with Gasteiger partial charge in [0, 0.05) is 44.5 Å². The fourth-order valence-corrected chi connectivity index (χ4v) is 2.80. The second-order valence-corrected chi connectivity index (χ2v) is 9.26. The number of para-hydroxylation sites is 1. The molecule has 8 nitrogen and oxygen atoms in total. The zero-order valence-electron chi connectivity index (χ0n) is 24.9. The van der Waals surface area contributed by atoms with Crippen LogP contribution in [0, 0.1) is 5.92 Å². The van der Waals surface area contributed by atoms with Crippen LogP contribution in [0.25, 0.3) is 5.57 Å². The van der Waals surface area contributed by atoms with E-state index in [-0.39, 0.29) is 23.1 Å². The first-order chi connectivity index (χ1) is 17.7. The van der Waals surface area contributed by atoms with Gasteiger partial charge in [-0.2, -0.15) is 0 Å². The molecule has 0 fully saturated rings. The van der Waals surface area contributed by atoms with E-state index in [0.29, 0.717) is 12.3 Å². The number of nitrogens with one attached hydrogen (secondary N) is 2. The molecule has 2 atom stereocenters. The number of anilines is 1. The summed E-state index contributed by atoms with van der Waals surface area (Å²) in [6.45, 7) is 17.3. The van der Waals surface area contributed by atoms with E-state index in [1.807, 2.05) is 19.2 Å². The van der Waals surface area contributed by atoms with E-state index < -0.39 is 24.0 Å². The van der Waals surface area contributed by atoms with Crippen LogP contribution in [-0.2, 0) is 14.4 Å². The summed E-state index contributed by atoms with van der Waals surface area (Å²) < 4.78 is 13.0. The number of halogens is 1. The maximum atomic E-state index is 13.0. The van der Waals surface area contributed by atoms with Gasteiger partial charge in [0.1, 0.15) is 12.1 Å². The maximum absolute atomic E-state index is 13.0. The van der Waals surface area contributed by atoms with E-state index in [9.17, 15) is 18.9 Å². The zero-order chi connectivity index (χ0) is 30.0. The molecule has 3 N–H and O–H groups in total. The molecule has 0 heterocycles. The summed E-state index contributed by atoms with van der Waals surface area (Å²) >= 11 is 0. The summed E-state index contributed by atoms with van der Waals surface area (Å²) in [5.41, 5.74) is 3.69.